The van der Waals surface area contributed by atoms with Gasteiger partial charge in [-0.25, -0.2) is 8.42 Å². The van der Waals surface area contributed by atoms with Crippen LogP contribution in [0.4, 0.5) is 10.8 Å². The number of nitrogens with two attached hydrogens (primary N) is 1. The SMILES string of the molecule is CC(C)N(C)CCCNc1snc(N)c1S(=O)(=O)C1CC1. The third-order valence-corrected chi connectivity index (χ3v) is 7.06. The summed E-state index contributed by atoms with van der Waals surface area (Å²) in [6.45, 7) is 5.98. The number of anilines is 2. The third-order valence-electron chi connectivity index (χ3n) is 3.78. The molecule has 1 aliphatic carbocycles. The van der Waals surface area contributed by atoms with E-state index in [1.165, 1.54) is 0 Å². The third kappa shape index (κ3) is 3.87. The van der Waals surface area contributed by atoms with Crippen LogP contribution in [0, 0.1) is 0 Å². The van der Waals surface area contributed by atoms with Gasteiger partial charge in [0.05, 0.1) is 5.25 Å². The molecule has 1 heterocycles. The molecule has 3 N–H and O–H groups in total. The van der Waals surface area contributed by atoms with E-state index in [0.717, 1.165) is 37.3 Å². The molecule has 21 heavy (non-hydrogen) atoms. The van der Waals surface area contributed by atoms with Crippen molar-refractivity contribution >= 4 is 32.2 Å². The molecular formula is C13H24N4O2S2. The van der Waals surface area contributed by atoms with E-state index in [1.54, 1.807) is 0 Å². The second-order valence-corrected chi connectivity index (χ2v) is 8.76. The maximum atomic E-state index is 12.4. The standard InChI is InChI=1S/C13H24N4O2S2/c1-9(2)17(3)8-4-7-15-13-11(12(14)16-20-13)21(18,19)10-5-6-10/h9-10,15H,4-8H2,1-3H3,(H2,14,16). The lowest BCUT2D eigenvalue weighted by molar-refractivity contribution is 0.273. The van der Waals surface area contributed by atoms with Gasteiger partial charge in [-0.15, -0.1) is 0 Å². The molecule has 0 saturated heterocycles. The highest BCUT2D eigenvalue weighted by atomic mass is 32.2. The first-order chi connectivity index (χ1) is 9.84. The number of nitrogens with one attached hydrogen (secondary N) is 1. The van der Waals surface area contributed by atoms with E-state index in [9.17, 15) is 8.42 Å². The zero-order valence-corrected chi connectivity index (χ0v) is 14.4. The Bertz CT molecular complexity index is 579. The average Bonchev–Trinajstić information content (AvgIpc) is 3.19. The van der Waals surface area contributed by atoms with Crippen LogP contribution in [0.25, 0.3) is 0 Å². The van der Waals surface area contributed by atoms with Crippen LogP contribution in [0.2, 0.25) is 0 Å². The van der Waals surface area contributed by atoms with Crippen LogP contribution >= 0.6 is 11.5 Å². The fraction of sp³-hybridized carbons (Fsp3) is 0.769. The van der Waals surface area contributed by atoms with Gasteiger partial charge in [-0.1, -0.05) is 0 Å². The summed E-state index contributed by atoms with van der Waals surface area (Å²) in [6.07, 6.45) is 2.40. The van der Waals surface area contributed by atoms with Gasteiger partial charge in [0.2, 0.25) is 0 Å². The molecule has 2 rings (SSSR count). The Morgan fingerprint density at radius 3 is 2.71 bits per heavy atom. The Labute approximate surface area is 130 Å². The zero-order chi connectivity index (χ0) is 15.6. The monoisotopic (exact) mass is 332 g/mol. The summed E-state index contributed by atoms with van der Waals surface area (Å²) in [5, 5.41) is 3.52. The fourth-order valence-corrected chi connectivity index (χ4v) is 4.93. The Kier molecular flexibility index (Phi) is 5.11. The summed E-state index contributed by atoms with van der Waals surface area (Å²) in [5.74, 6) is 0.133. The van der Waals surface area contributed by atoms with Crippen molar-refractivity contribution in [1.29, 1.82) is 0 Å². The van der Waals surface area contributed by atoms with Gasteiger partial charge in [0.1, 0.15) is 9.90 Å². The molecule has 0 spiro atoms. The molecule has 1 saturated carbocycles. The van der Waals surface area contributed by atoms with Gasteiger partial charge in [0, 0.05) is 12.6 Å². The number of aromatic nitrogens is 1. The quantitative estimate of drug-likeness (QED) is 0.706. The van der Waals surface area contributed by atoms with Crippen molar-refractivity contribution in [3.8, 4) is 0 Å². The Morgan fingerprint density at radius 2 is 2.14 bits per heavy atom. The molecule has 0 atom stereocenters. The molecule has 6 nitrogen and oxygen atoms in total. The van der Waals surface area contributed by atoms with Crippen molar-refractivity contribution in [1.82, 2.24) is 9.27 Å². The van der Waals surface area contributed by atoms with Gasteiger partial charge >= 0.3 is 0 Å². The Hall–Kier alpha value is -0.860. The zero-order valence-electron chi connectivity index (χ0n) is 12.8. The number of nitrogens with zero attached hydrogens (tertiary/aromatic N) is 2. The minimum atomic E-state index is -3.30. The topological polar surface area (TPSA) is 88.3 Å². The molecule has 0 aliphatic heterocycles. The molecule has 120 valence electrons. The summed E-state index contributed by atoms with van der Waals surface area (Å²) in [7, 11) is -1.22. The minimum absolute atomic E-state index is 0.133. The number of sulfone groups is 1. The van der Waals surface area contributed by atoms with Crippen molar-refractivity contribution in [2.24, 2.45) is 0 Å². The van der Waals surface area contributed by atoms with Crippen LogP contribution in [-0.4, -0.2) is 49.1 Å². The lowest BCUT2D eigenvalue weighted by Crippen LogP contribution is -2.28. The van der Waals surface area contributed by atoms with E-state index in [-0.39, 0.29) is 16.0 Å². The highest BCUT2D eigenvalue weighted by Crippen LogP contribution is 2.40. The summed E-state index contributed by atoms with van der Waals surface area (Å²) >= 11 is 1.13. The molecule has 1 aliphatic rings. The summed E-state index contributed by atoms with van der Waals surface area (Å²) in [6, 6.07) is 0.509. The van der Waals surface area contributed by atoms with E-state index in [2.05, 4.69) is 35.5 Å². The van der Waals surface area contributed by atoms with Gasteiger partial charge in [0.25, 0.3) is 0 Å². The highest BCUT2D eigenvalue weighted by Gasteiger charge is 2.40. The van der Waals surface area contributed by atoms with Crippen molar-refractivity contribution in [3.63, 3.8) is 0 Å². The van der Waals surface area contributed by atoms with E-state index < -0.39 is 9.84 Å². The van der Waals surface area contributed by atoms with Crippen molar-refractivity contribution in [3.05, 3.63) is 0 Å². The lowest BCUT2D eigenvalue weighted by atomic mass is 10.3. The van der Waals surface area contributed by atoms with Gasteiger partial charge in [-0.05, 0) is 58.2 Å². The molecule has 0 aromatic carbocycles. The predicted octanol–water partition coefficient (Wildman–Crippen LogP) is 1.80. The van der Waals surface area contributed by atoms with E-state index >= 15 is 0 Å². The molecule has 1 aromatic heterocycles. The number of rotatable bonds is 8. The Balaban J connectivity index is 1.96. The van der Waals surface area contributed by atoms with Crippen LogP contribution in [-0.2, 0) is 9.84 Å². The van der Waals surface area contributed by atoms with Crippen molar-refractivity contribution in [2.45, 2.75) is 49.3 Å². The maximum Gasteiger partial charge on any atom is 0.187 e. The Morgan fingerprint density at radius 1 is 1.48 bits per heavy atom. The van der Waals surface area contributed by atoms with Gasteiger partial charge in [-0.2, -0.15) is 4.37 Å². The molecular weight excluding hydrogens is 308 g/mol. The predicted molar refractivity (Wildman–Crippen MR) is 87.6 cm³/mol. The first-order valence-corrected chi connectivity index (χ1v) is 9.59. The van der Waals surface area contributed by atoms with Crippen LogP contribution in [0.1, 0.15) is 33.1 Å². The maximum absolute atomic E-state index is 12.4. The summed E-state index contributed by atoms with van der Waals surface area (Å²) < 4.78 is 28.7. The molecule has 0 bridgehead atoms. The number of hydrogen-bond donors (Lipinski definition) is 2. The minimum Gasteiger partial charge on any atom is -0.382 e. The fourth-order valence-electron chi connectivity index (χ4n) is 2.02. The van der Waals surface area contributed by atoms with Gasteiger partial charge in [0.15, 0.2) is 15.7 Å². The number of hydrogen-bond acceptors (Lipinski definition) is 7. The molecule has 1 aromatic rings. The second kappa shape index (κ2) is 6.50. The average molecular weight is 332 g/mol. The molecule has 0 unspecified atom stereocenters. The molecule has 0 amide bonds. The molecule has 0 radical (unpaired) electrons. The summed E-state index contributed by atoms with van der Waals surface area (Å²) in [4.78, 5) is 2.47. The van der Waals surface area contributed by atoms with Crippen molar-refractivity contribution < 1.29 is 8.42 Å². The number of nitrogen functional groups attached to an aromatic ring is 1. The normalized spacial score (nSPS) is 15.9. The smallest absolute Gasteiger partial charge is 0.187 e. The van der Waals surface area contributed by atoms with E-state index in [1.807, 2.05) is 0 Å². The van der Waals surface area contributed by atoms with Gasteiger partial charge < -0.3 is 16.0 Å². The van der Waals surface area contributed by atoms with Crippen LogP contribution in [0.15, 0.2) is 4.90 Å². The van der Waals surface area contributed by atoms with Crippen LogP contribution in [0.5, 0.6) is 0 Å². The highest BCUT2D eigenvalue weighted by molar-refractivity contribution is 7.92. The summed E-state index contributed by atoms with van der Waals surface area (Å²) in [5.41, 5.74) is 5.76. The van der Waals surface area contributed by atoms with Crippen LogP contribution in [0.3, 0.4) is 0 Å². The first kappa shape index (κ1) is 16.5. The van der Waals surface area contributed by atoms with E-state index in [4.69, 9.17) is 5.73 Å². The lowest BCUT2D eigenvalue weighted by Gasteiger charge is -2.20. The first-order valence-electron chi connectivity index (χ1n) is 7.27. The van der Waals surface area contributed by atoms with E-state index in [0.29, 0.717) is 17.6 Å². The molecule has 1 fully saturated rings. The van der Waals surface area contributed by atoms with Crippen molar-refractivity contribution in [2.75, 3.05) is 31.2 Å². The molecule has 8 heteroatoms. The largest absolute Gasteiger partial charge is 0.382 e. The van der Waals surface area contributed by atoms with Crippen LogP contribution < -0.4 is 11.1 Å². The second-order valence-electron chi connectivity index (χ2n) is 5.83. The van der Waals surface area contributed by atoms with Gasteiger partial charge in [-0.3, -0.25) is 0 Å².